The Hall–Kier alpha value is -0.550. The average Bonchev–Trinajstić information content (AvgIpc) is 2.93. The fourth-order valence-corrected chi connectivity index (χ4v) is 5.27. The lowest BCUT2D eigenvalue weighted by Gasteiger charge is -2.03. The molecular weight excluding hydrogens is 460 g/mol. The third-order valence-corrected chi connectivity index (χ3v) is 7.95. The molecule has 2 heteroatoms. The molecule has 0 saturated heterocycles. The van der Waals surface area contributed by atoms with E-state index in [0.29, 0.717) is 0 Å². The third-order valence-electron chi connectivity index (χ3n) is 7.95. The summed E-state index contributed by atoms with van der Waals surface area (Å²) in [6, 6.07) is 2.21. The van der Waals surface area contributed by atoms with E-state index in [2.05, 4.69) is 19.9 Å². The first-order valence-corrected chi connectivity index (χ1v) is 17.9. The van der Waals surface area contributed by atoms with E-state index >= 15 is 0 Å². The molecule has 0 atom stereocenters. The molecule has 0 aromatic heterocycles. The molecular formula is C36H74N2. The number of nitrogens with zero attached hydrogens (tertiary/aromatic N) is 1. The van der Waals surface area contributed by atoms with Crippen molar-refractivity contribution >= 4 is 0 Å². The normalized spacial score (nSPS) is 10.8. The van der Waals surface area contributed by atoms with Gasteiger partial charge in [0.15, 0.2) is 0 Å². The first-order chi connectivity index (χ1) is 18.8. The number of nitriles is 1. The molecule has 2 nitrogen and oxygen atoms in total. The summed E-state index contributed by atoms with van der Waals surface area (Å²) in [5.74, 6) is 0. The summed E-state index contributed by atoms with van der Waals surface area (Å²) >= 11 is 0. The Morgan fingerprint density at radius 3 is 0.763 bits per heavy atom. The second-order valence-electron chi connectivity index (χ2n) is 11.9. The SMILES string of the molecule is CCCCCCCCCCCCCCCCCC#N.CCCCCCCCCCCCCCCCCCN. The summed E-state index contributed by atoms with van der Waals surface area (Å²) in [6.45, 7) is 5.44. The number of hydrogen-bond donors (Lipinski definition) is 1. The molecule has 0 spiro atoms. The van der Waals surface area contributed by atoms with Gasteiger partial charge in [-0.25, -0.2) is 0 Å². The minimum absolute atomic E-state index is 0.748. The Kier molecular flexibility index (Phi) is 42.7. The van der Waals surface area contributed by atoms with E-state index in [0.717, 1.165) is 19.4 Å². The Bertz CT molecular complexity index is 398. The summed E-state index contributed by atoms with van der Waals surface area (Å²) in [5.41, 5.74) is 5.48. The van der Waals surface area contributed by atoms with Gasteiger partial charge in [0, 0.05) is 6.42 Å². The van der Waals surface area contributed by atoms with Gasteiger partial charge in [0.25, 0.3) is 0 Å². The molecule has 0 rings (SSSR count). The maximum absolute atomic E-state index is 8.42. The molecule has 0 bridgehead atoms. The molecule has 0 amide bonds. The van der Waals surface area contributed by atoms with Crippen LogP contribution >= 0.6 is 0 Å². The second-order valence-corrected chi connectivity index (χ2v) is 11.9. The zero-order valence-electron chi connectivity index (χ0n) is 26.9. The van der Waals surface area contributed by atoms with Gasteiger partial charge in [-0.1, -0.05) is 200 Å². The molecule has 0 aromatic rings. The van der Waals surface area contributed by atoms with E-state index in [1.54, 1.807) is 0 Å². The van der Waals surface area contributed by atoms with Crippen molar-refractivity contribution in [1.82, 2.24) is 0 Å². The van der Waals surface area contributed by atoms with Gasteiger partial charge in [-0.05, 0) is 19.4 Å². The summed E-state index contributed by atoms with van der Waals surface area (Å²) in [5, 5.41) is 8.42. The predicted molar refractivity (Wildman–Crippen MR) is 174 cm³/mol. The van der Waals surface area contributed by atoms with Crippen LogP contribution in [-0.4, -0.2) is 6.54 Å². The van der Waals surface area contributed by atoms with Crippen molar-refractivity contribution in [2.75, 3.05) is 6.54 Å². The quantitative estimate of drug-likeness (QED) is 0.0899. The molecule has 0 aliphatic heterocycles. The highest BCUT2D eigenvalue weighted by molar-refractivity contribution is 4.67. The van der Waals surface area contributed by atoms with Gasteiger partial charge in [0.1, 0.15) is 0 Å². The van der Waals surface area contributed by atoms with Crippen molar-refractivity contribution in [2.24, 2.45) is 5.73 Å². The first kappa shape index (κ1) is 39.6. The van der Waals surface area contributed by atoms with E-state index in [4.69, 9.17) is 11.0 Å². The molecule has 0 aliphatic carbocycles. The first-order valence-electron chi connectivity index (χ1n) is 17.9. The zero-order chi connectivity index (χ0) is 28.0. The van der Waals surface area contributed by atoms with Crippen LogP contribution in [0.15, 0.2) is 0 Å². The van der Waals surface area contributed by atoms with E-state index in [9.17, 15) is 0 Å². The van der Waals surface area contributed by atoms with Crippen molar-refractivity contribution in [2.45, 2.75) is 219 Å². The molecule has 0 saturated carbocycles. The van der Waals surface area contributed by atoms with Crippen LogP contribution in [0, 0.1) is 11.3 Å². The van der Waals surface area contributed by atoms with Gasteiger partial charge in [0.05, 0.1) is 6.07 Å². The third kappa shape index (κ3) is 42.5. The highest BCUT2D eigenvalue weighted by Crippen LogP contribution is 2.15. The second kappa shape index (κ2) is 40.9. The summed E-state index contributed by atoms with van der Waals surface area (Å²) in [4.78, 5) is 0. The van der Waals surface area contributed by atoms with Crippen LogP contribution < -0.4 is 5.73 Å². The van der Waals surface area contributed by atoms with Crippen LogP contribution in [0.5, 0.6) is 0 Å². The number of unbranched alkanes of at least 4 members (excludes halogenated alkanes) is 30. The van der Waals surface area contributed by atoms with Crippen LogP contribution in [0.1, 0.15) is 219 Å². The number of hydrogen-bond acceptors (Lipinski definition) is 2. The zero-order valence-corrected chi connectivity index (χ0v) is 26.9. The molecule has 0 aromatic carbocycles. The average molecular weight is 535 g/mol. The van der Waals surface area contributed by atoms with Crippen molar-refractivity contribution in [3.63, 3.8) is 0 Å². The summed E-state index contributed by atoms with van der Waals surface area (Å²) in [7, 11) is 0. The molecule has 0 unspecified atom stereocenters. The molecule has 0 fully saturated rings. The highest BCUT2D eigenvalue weighted by Gasteiger charge is 1.95. The largest absolute Gasteiger partial charge is 0.330 e. The minimum Gasteiger partial charge on any atom is -0.330 e. The van der Waals surface area contributed by atoms with E-state index in [-0.39, 0.29) is 0 Å². The lowest BCUT2D eigenvalue weighted by atomic mass is 10.0. The molecule has 2 N–H and O–H groups in total. The van der Waals surface area contributed by atoms with Crippen LogP contribution in [0.4, 0.5) is 0 Å². The highest BCUT2D eigenvalue weighted by atomic mass is 14.5. The maximum atomic E-state index is 8.42. The van der Waals surface area contributed by atoms with E-state index in [1.165, 1.54) is 193 Å². The fourth-order valence-electron chi connectivity index (χ4n) is 5.27. The van der Waals surface area contributed by atoms with Gasteiger partial charge in [-0.2, -0.15) is 5.26 Å². The lowest BCUT2D eigenvalue weighted by Crippen LogP contribution is -1.97. The van der Waals surface area contributed by atoms with Gasteiger partial charge < -0.3 is 5.73 Å². The Labute approximate surface area is 242 Å². The van der Waals surface area contributed by atoms with Crippen molar-refractivity contribution in [1.29, 1.82) is 5.26 Å². The standard InChI is InChI=1S/C18H39N.C18H35N/c2*1-2-3-4-5-6-7-8-9-10-11-12-13-14-15-16-17-18-19/h2-19H2,1H3;2-17H2,1H3. The van der Waals surface area contributed by atoms with Gasteiger partial charge in [-0.3, -0.25) is 0 Å². The number of nitrogens with two attached hydrogens (primary N) is 1. The van der Waals surface area contributed by atoms with Crippen LogP contribution in [0.2, 0.25) is 0 Å². The van der Waals surface area contributed by atoms with Gasteiger partial charge in [0.2, 0.25) is 0 Å². The van der Waals surface area contributed by atoms with Gasteiger partial charge in [-0.15, -0.1) is 0 Å². The molecule has 0 aliphatic rings. The maximum Gasteiger partial charge on any atom is 0.0621 e. The van der Waals surface area contributed by atoms with Gasteiger partial charge >= 0.3 is 0 Å². The topological polar surface area (TPSA) is 49.8 Å². The van der Waals surface area contributed by atoms with Crippen LogP contribution in [-0.2, 0) is 0 Å². The monoisotopic (exact) mass is 535 g/mol. The number of rotatable bonds is 31. The van der Waals surface area contributed by atoms with Crippen molar-refractivity contribution in [3.8, 4) is 6.07 Å². The lowest BCUT2D eigenvalue weighted by molar-refractivity contribution is 0.530. The summed E-state index contributed by atoms with van der Waals surface area (Å²) < 4.78 is 0. The van der Waals surface area contributed by atoms with Crippen LogP contribution in [0.3, 0.4) is 0 Å². The molecule has 0 radical (unpaired) electrons. The molecule has 38 heavy (non-hydrogen) atoms. The predicted octanol–water partition coefficient (Wildman–Crippen LogP) is 13.0. The Balaban J connectivity index is 0. The fraction of sp³-hybridized carbons (Fsp3) is 0.972. The van der Waals surface area contributed by atoms with E-state index < -0.39 is 0 Å². The van der Waals surface area contributed by atoms with Crippen molar-refractivity contribution in [3.05, 3.63) is 0 Å². The molecule has 228 valence electrons. The smallest absolute Gasteiger partial charge is 0.0621 e. The van der Waals surface area contributed by atoms with E-state index in [1.807, 2.05) is 0 Å². The summed E-state index contributed by atoms with van der Waals surface area (Å²) in [6.07, 6.45) is 44.4. The minimum atomic E-state index is 0.748. The Morgan fingerprint density at radius 2 is 0.553 bits per heavy atom. The van der Waals surface area contributed by atoms with Crippen LogP contribution in [0.25, 0.3) is 0 Å². The Morgan fingerprint density at radius 1 is 0.342 bits per heavy atom. The van der Waals surface area contributed by atoms with Crippen molar-refractivity contribution < 1.29 is 0 Å². The molecule has 0 heterocycles.